The number of amides is 1. The summed E-state index contributed by atoms with van der Waals surface area (Å²) in [7, 11) is 1.61. The maximum Gasteiger partial charge on any atom is 0.267 e. The van der Waals surface area contributed by atoms with E-state index in [4.69, 9.17) is 14.5 Å². The SMILES string of the molecule is C=CCOc1c(/C=C2/SC(=Nc3ccc(C)cc3)N(C3CCCCC3)C2=O)cccc1OC. The molecule has 2 aliphatic rings. The maximum atomic E-state index is 13.6. The Kier molecular flexibility index (Phi) is 7.55. The normalized spacial score (nSPS) is 19.3. The number of carbonyl (C=O) groups excluding carboxylic acids is 1. The highest BCUT2D eigenvalue weighted by atomic mass is 32.2. The van der Waals surface area contributed by atoms with Crippen molar-refractivity contribution in [2.45, 2.75) is 45.1 Å². The summed E-state index contributed by atoms with van der Waals surface area (Å²) in [5.41, 5.74) is 2.84. The summed E-state index contributed by atoms with van der Waals surface area (Å²) in [5, 5.41) is 0.749. The number of aryl methyl sites for hydroxylation is 1. The molecule has 33 heavy (non-hydrogen) atoms. The molecular weight excluding hydrogens is 432 g/mol. The minimum Gasteiger partial charge on any atom is -0.493 e. The molecule has 0 atom stereocenters. The number of thioether (sulfide) groups is 1. The second-order valence-corrected chi connectivity index (χ2v) is 9.29. The lowest BCUT2D eigenvalue weighted by Crippen LogP contribution is -2.40. The third-order valence-corrected chi connectivity index (χ3v) is 6.88. The van der Waals surface area contributed by atoms with E-state index < -0.39 is 0 Å². The topological polar surface area (TPSA) is 51.1 Å². The summed E-state index contributed by atoms with van der Waals surface area (Å²) in [6.07, 6.45) is 9.12. The number of hydrogen-bond acceptors (Lipinski definition) is 5. The van der Waals surface area contributed by atoms with Crippen LogP contribution in [0, 0.1) is 6.92 Å². The van der Waals surface area contributed by atoms with Crippen LogP contribution < -0.4 is 9.47 Å². The molecule has 2 aromatic rings. The van der Waals surface area contributed by atoms with Gasteiger partial charge in [0.15, 0.2) is 16.7 Å². The van der Waals surface area contributed by atoms with Crippen LogP contribution in [0.5, 0.6) is 11.5 Å². The van der Waals surface area contributed by atoms with Crippen molar-refractivity contribution >= 4 is 34.6 Å². The Morgan fingerprint density at radius 1 is 1.15 bits per heavy atom. The number of carbonyl (C=O) groups is 1. The van der Waals surface area contributed by atoms with Crippen molar-refractivity contribution in [3.05, 3.63) is 71.2 Å². The maximum absolute atomic E-state index is 13.6. The van der Waals surface area contributed by atoms with E-state index in [1.165, 1.54) is 23.7 Å². The van der Waals surface area contributed by atoms with Gasteiger partial charge in [0.05, 0.1) is 17.7 Å². The van der Waals surface area contributed by atoms with Crippen molar-refractivity contribution < 1.29 is 14.3 Å². The third kappa shape index (κ3) is 5.33. The first-order valence-electron chi connectivity index (χ1n) is 11.4. The summed E-state index contributed by atoms with van der Waals surface area (Å²) in [5.74, 6) is 1.24. The number of para-hydroxylation sites is 1. The molecule has 1 amide bonds. The molecule has 0 aromatic heterocycles. The summed E-state index contributed by atoms with van der Waals surface area (Å²) in [6.45, 7) is 6.14. The zero-order chi connectivity index (χ0) is 23.2. The van der Waals surface area contributed by atoms with Gasteiger partial charge in [0, 0.05) is 11.6 Å². The highest BCUT2D eigenvalue weighted by Crippen LogP contribution is 2.40. The van der Waals surface area contributed by atoms with Crippen molar-refractivity contribution in [2.24, 2.45) is 4.99 Å². The fourth-order valence-corrected chi connectivity index (χ4v) is 5.25. The zero-order valence-corrected chi connectivity index (χ0v) is 20.1. The molecule has 2 aromatic carbocycles. The van der Waals surface area contributed by atoms with Crippen LogP contribution in [0.15, 0.2) is 65.0 Å². The third-order valence-electron chi connectivity index (χ3n) is 5.90. The van der Waals surface area contributed by atoms with Gasteiger partial charge in [0.25, 0.3) is 5.91 Å². The molecule has 1 heterocycles. The van der Waals surface area contributed by atoms with E-state index in [2.05, 4.69) is 13.5 Å². The highest BCUT2D eigenvalue weighted by Gasteiger charge is 2.38. The highest BCUT2D eigenvalue weighted by molar-refractivity contribution is 8.18. The second kappa shape index (κ2) is 10.8. The monoisotopic (exact) mass is 462 g/mol. The quantitative estimate of drug-likeness (QED) is 0.348. The van der Waals surface area contributed by atoms with Crippen molar-refractivity contribution in [3.8, 4) is 11.5 Å². The van der Waals surface area contributed by atoms with Gasteiger partial charge in [-0.15, -0.1) is 0 Å². The van der Waals surface area contributed by atoms with Gasteiger partial charge in [-0.05, 0) is 55.8 Å². The molecule has 0 radical (unpaired) electrons. The molecular formula is C27H30N2O3S. The largest absolute Gasteiger partial charge is 0.493 e. The number of aliphatic imine (C=N–C) groups is 1. The lowest BCUT2D eigenvalue weighted by Gasteiger charge is -2.30. The van der Waals surface area contributed by atoms with Gasteiger partial charge >= 0.3 is 0 Å². The van der Waals surface area contributed by atoms with Gasteiger partial charge in [-0.3, -0.25) is 9.69 Å². The van der Waals surface area contributed by atoms with Crippen molar-refractivity contribution in [2.75, 3.05) is 13.7 Å². The Labute approximate surface area is 200 Å². The van der Waals surface area contributed by atoms with Crippen LogP contribution in [0.3, 0.4) is 0 Å². The Bertz CT molecular complexity index is 1070. The lowest BCUT2D eigenvalue weighted by molar-refractivity contribution is -0.124. The molecule has 1 saturated carbocycles. The molecule has 4 rings (SSSR count). The minimum absolute atomic E-state index is 0.00949. The molecule has 0 spiro atoms. The van der Waals surface area contributed by atoms with Crippen LogP contribution in [0.4, 0.5) is 5.69 Å². The Morgan fingerprint density at radius 3 is 2.61 bits per heavy atom. The second-order valence-electron chi connectivity index (χ2n) is 8.29. The summed E-state index contributed by atoms with van der Waals surface area (Å²) < 4.78 is 11.4. The molecule has 0 unspecified atom stereocenters. The predicted molar refractivity (Wildman–Crippen MR) is 136 cm³/mol. The van der Waals surface area contributed by atoms with E-state index in [1.807, 2.05) is 53.4 Å². The molecule has 5 nitrogen and oxygen atoms in total. The van der Waals surface area contributed by atoms with Crippen molar-refractivity contribution in [3.63, 3.8) is 0 Å². The number of hydrogen-bond donors (Lipinski definition) is 0. The number of amidine groups is 1. The van der Waals surface area contributed by atoms with Gasteiger partial charge in [-0.2, -0.15) is 0 Å². The molecule has 6 heteroatoms. The van der Waals surface area contributed by atoms with E-state index in [1.54, 1.807) is 13.2 Å². The van der Waals surface area contributed by atoms with Crippen molar-refractivity contribution in [1.82, 2.24) is 4.90 Å². The zero-order valence-electron chi connectivity index (χ0n) is 19.3. The standard InChI is InChI=1S/C27H30N2O3S/c1-4-17-32-25-20(9-8-12-23(25)31-3)18-24-26(30)29(22-10-6-5-7-11-22)27(33-24)28-21-15-13-19(2)14-16-21/h4,8-9,12-16,18,22H,1,5-7,10-11,17H2,2-3H3/b24-18+,28-27?. The molecule has 0 N–H and O–H groups in total. The lowest BCUT2D eigenvalue weighted by atomic mass is 9.94. The molecule has 1 saturated heterocycles. The van der Waals surface area contributed by atoms with Gasteiger partial charge in [0.1, 0.15) is 6.61 Å². The molecule has 172 valence electrons. The predicted octanol–water partition coefficient (Wildman–Crippen LogP) is 6.51. The van der Waals surface area contributed by atoms with E-state index in [-0.39, 0.29) is 11.9 Å². The number of ether oxygens (including phenoxy) is 2. The fraction of sp³-hybridized carbons (Fsp3) is 0.333. The first kappa shape index (κ1) is 23.2. The Hall–Kier alpha value is -2.99. The van der Waals surface area contributed by atoms with Crippen LogP contribution in [-0.4, -0.2) is 35.7 Å². The van der Waals surface area contributed by atoms with E-state index >= 15 is 0 Å². The number of nitrogens with zero attached hydrogens (tertiary/aromatic N) is 2. The fourth-order valence-electron chi connectivity index (χ4n) is 4.20. The molecule has 2 fully saturated rings. The molecule has 1 aliphatic carbocycles. The van der Waals surface area contributed by atoms with Gasteiger partial charge in [0.2, 0.25) is 0 Å². The van der Waals surface area contributed by atoms with Crippen LogP contribution in [0.1, 0.15) is 43.2 Å². The molecule has 1 aliphatic heterocycles. The Morgan fingerprint density at radius 2 is 1.91 bits per heavy atom. The van der Waals surface area contributed by atoms with Crippen LogP contribution in [0.25, 0.3) is 6.08 Å². The number of methoxy groups -OCH3 is 1. The van der Waals surface area contributed by atoms with Crippen molar-refractivity contribution in [1.29, 1.82) is 0 Å². The summed E-state index contributed by atoms with van der Waals surface area (Å²) in [4.78, 5) is 21.0. The van der Waals surface area contributed by atoms with Gasteiger partial charge in [-0.25, -0.2) is 4.99 Å². The minimum atomic E-state index is 0.00949. The van der Waals surface area contributed by atoms with Crippen LogP contribution >= 0.6 is 11.8 Å². The first-order valence-corrected chi connectivity index (χ1v) is 12.2. The van der Waals surface area contributed by atoms with E-state index in [0.29, 0.717) is 23.0 Å². The van der Waals surface area contributed by atoms with Gasteiger partial charge in [-0.1, -0.05) is 61.7 Å². The summed E-state index contributed by atoms with van der Waals surface area (Å²) >= 11 is 1.43. The van der Waals surface area contributed by atoms with Crippen LogP contribution in [-0.2, 0) is 4.79 Å². The summed E-state index contributed by atoms with van der Waals surface area (Å²) in [6, 6.07) is 14.0. The number of benzene rings is 2. The van der Waals surface area contributed by atoms with Crippen LogP contribution in [0.2, 0.25) is 0 Å². The van der Waals surface area contributed by atoms with E-state index in [9.17, 15) is 4.79 Å². The average molecular weight is 463 g/mol. The number of rotatable bonds is 7. The van der Waals surface area contributed by atoms with Gasteiger partial charge < -0.3 is 9.47 Å². The Balaban J connectivity index is 1.72. The smallest absolute Gasteiger partial charge is 0.267 e. The molecule has 0 bridgehead atoms. The van der Waals surface area contributed by atoms with E-state index in [0.717, 1.165) is 42.1 Å². The first-order chi connectivity index (χ1) is 16.1. The average Bonchev–Trinajstić information content (AvgIpc) is 3.14.